The summed E-state index contributed by atoms with van der Waals surface area (Å²) in [4.78, 5) is 17.2. The van der Waals surface area contributed by atoms with Crippen LogP contribution in [0.25, 0.3) is 10.2 Å². The second kappa shape index (κ2) is 7.66. The van der Waals surface area contributed by atoms with Gasteiger partial charge in [0.15, 0.2) is 5.01 Å². The highest BCUT2D eigenvalue weighted by molar-refractivity contribution is 7.20. The Morgan fingerprint density at radius 3 is 2.70 bits per heavy atom. The molecular weight excluding hydrogens is 360 g/mol. The Labute approximate surface area is 162 Å². The van der Waals surface area contributed by atoms with Crippen molar-refractivity contribution in [2.45, 2.75) is 18.3 Å². The molecule has 1 N–H and O–H groups in total. The summed E-state index contributed by atoms with van der Waals surface area (Å²) in [7, 11) is 1.69. The fraction of sp³-hybridized carbons (Fsp3) is 0.333. The third-order valence-corrected chi connectivity index (χ3v) is 6.24. The highest BCUT2D eigenvalue weighted by Crippen LogP contribution is 2.39. The van der Waals surface area contributed by atoms with Crippen LogP contribution in [0.1, 0.15) is 28.2 Å². The number of hydrogen-bond donors (Lipinski definition) is 1. The Balaban J connectivity index is 1.58. The fourth-order valence-electron chi connectivity index (χ4n) is 3.68. The molecule has 0 unspecified atom stereocenters. The van der Waals surface area contributed by atoms with Crippen LogP contribution in [0.2, 0.25) is 0 Å². The molecule has 0 atom stereocenters. The Bertz CT molecular complexity index is 914. The molecule has 140 valence electrons. The zero-order chi connectivity index (χ0) is 18.7. The summed E-state index contributed by atoms with van der Waals surface area (Å²) >= 11 is 1.42. The first kappa shape index (κ1) is 17.9. The number of thiazole rings is 1. The monoisotopic (exact) mass is 382 g/mol. The smallest absolute Gasteiger partial charge is 0.280 e. The number of hydrogen-bond acceptors (Lipinski definition) is 5. The fourth-order valence-corrected chi connectivity index (χ4v) is 4.56. The van der Waals surface area contributed by atoms with Crippen molar-refractivity contribution in [3.63, 3.8) is 0 Å². The van der Waals surface area contributed by atoms with Crippen molar-refractivity contribution in [2.24, 2.45) is 0 Å². The van der Waals surface area contributed by atoms with E-state index in [0.29, 0.717) is 24.8 Å². The molecule has 1 aliphatic rings. The Morgan fingerprint density at radius 2 is 1.93 bits per heavy atom. The van der Waals surface area contributed by atoms with Crippen molar-refractivity contribution in [2.75, 3.05) is 26.9 Å². The second-order valence-electron chi connectivity index (χ2n) is 6.76. The van der Waals surface area contributed by atoms with Crippen LogP contribution in [-0.2, 0) is 10.2 Å². The van der Waals surface area contributed by atoms with Gasteiger partial charge < -0.3 is 14.8 Å². The van der Waals surface area contributed by atoms with E-state index in [1.165, 1.54) is 11.3 Å². The number of carbonyl (C=O) groups is 1. The minimum Gasteiger partial charge on any atom is -0.496 e. The van der Waals surface area contributed by atoms with Crippen molar-refractivity contribution < 1.29 is 14.3 Å². The second-order valence-corrected chi connectivity index (χ2v) is 7.79. The number of para-hydroxylation sites is 2. The molecule has 3 aromatic rings. The number of benzene rings is 2. The lowest BCUT2D eigenvalue weighted by Gasteiger charge is -2.38. The van der Waals surface area contributed by atoms with Gasteiger partial charge in [-0.2, -0.15) is 0 Å². The highest BCUT2D eigenvalue weighted by atomic mass is 32.1. The van der Waals surface area contributed by atoms with Gasteiger partial charge in [-0.1, -0.05) is 30.3 Å². The summed E-state index contributed by atoms with van der Waals surface area (Å²) in [5, 5.41) is 3.62. The number of aromatic nitrogens is 1. The van der Waals surface area contributed by atoms with E-state index in [1.807, 2.05) is 42.5 Å². The molecule has 2 aromatic carbocycles. The first-order valence-electron chi connectivity index (χ1n) is 9.07. The van der Waals surface area contributed by atoms with E-state index in [4.69, 9.17) is 9.47 Å². The normalized spacial score (nSPS) is 16.2. The molecule has 0 spiro atoms. The first-order chi connectivity index (χ1) is 13.2. The molecule has 2 heterocycles. The van der Waals surface area contributed by atoms with Gasteiger partial charge in [-0.25, -0.2) is 4.98 Å². The van der Waals surface area contributed by atoms with Crippen LogP contribution in [0.4, 0.5) is 0 Å². The third kappa shape index (κ3) is 3.55. The Morgan fingerprint density at radius 1 is 1.19 bits per heavy atom. The van der Waals surface area contributed by atoms with Gasteiger partial charge in [0.2, 0.25) is 0 Å². The number of rotatable bonds is 5. The number of carbonyl (C=O) groups excluding carboxylic acids is 1. The van der Waals surface area contributed by atoms with Gasteiger partial charge in [-0.15, -0.1) is 11.3 Å². The lowest BCUT2D eigenvalue weighted by Crippen LogP contribution is -2.44. The average molecular weight is 382 g/mol. The van der Waals surface area contributed by atoms with Gasteiger partial charge in [0.05, 0.1) is 17.3 Å². The maximum Gasteiger partial charge on any atom is 0.280 e. The first-order valence-corrected chi connectivity index (χ1v) is 9.88. The molecule has 0 bridgehead atoms. The summed E-state index contributed by atoms with van der Waals surface area (Å²) < 4.78 is 12.2. The minimum atomic E-state index is -0.197. The van der Waals surface area contributed by atoms with Crippen molar-refractivity contribution in [1.82, 2.24) is 10.3 Å². The zero-order valence-electron chi connectivity index (χ0n) is 15.2. The minimum absolute atomic E-state index is 0.128. The summed E-state index contributed by atoms with van der Waals surface area (Å²) in [6.07, 6.45) is 1.68. The Hall–Kier alpha value is -2.44. The highest BCUT2D eigenvalue weighted by Gasteiger charge is 2.37. The average Bonchev–Trinajstić information content (AvgIpc) is 3.17. The Kier molecular flexibility index (Phi) is 5.09. The van der Waals surface area contributed by atoms with Gasteiger partial charge in [-0.3, -0.25) is 4.79 Å². The number of nitrogens with one attached hydrogen (secondary N) is 1. The summed E-state index contributed by atoms with van der Waals surface area (Å²) in [6, 6.07) is 15.9. The van der Waals surface area contributed by atoms with Crippen LogP contribution < -0.4 is 10.1 Å². The molecule has 0 aliphatic carbocycles. The number of nitrogens with zero attached hydrogens (tertiary/aromatic N) is 1. The molecule has 1 aliphatic heterocycles. The predicted octanol–water partition coefficient (Wildman–Crippen LogP) is 3.78. The van der Waals surface area contributed by atoms with Crippen LogP contribution in [0.15, 0.2) is 48.5 Å². The van der Waals surface area contributed by atoms with E-state index in [1.54, 1.807) is 7.11 Å². The van der Waals surface area contributed by atoms with Crippen LogP contribution in [0.5, 0.6) is 5.75 Å². The summed E-state index contributed by atoms with van der Waals surface area (Å²) in [5.41, 5.74) is 1.79. The molecule has 0 saturated carbocycles. The van der Waals surface area contributed by atoms with E-state index >= 15 is 0 Å². The molecule has 1 amide bonds. The van der Waals surface area contributed by atoms with Crippen LogP contribution in [0.3, 0.4) is 0 Å². The number of amides is 1. The SMILES string of the molecule is COc1ccccc1C1(CNC(=O)c2nc3ccccc3s2)CCOCC1. The maximum atomic E-state index is 12.8. The molecule has 1 fully saturated rings. The molecule has 5 nitrogen and oxygen atoms in total. The molecule has 1 saturated heterocycles. The van der Waals surface area contributed by atoms with Crippen molar-refractivity contribution in [1.29, 1.82) is 0 Å². The largest absolute Gasteiger partial charge is 0.496 e. The molecule has 6 heteroatoms. The summed E-state index contributed by atoms with van der Waals surface area (Å²) in [6.45, 7) is 1.88. The van der Waals surface area contributed by atoms with E-state index < -0.39 is 0 Å². The van der Waals surface area contributed by atoms with E-state index in [9.17, 15) is 4.79 Å². The van der Waals surface area contributed by atoms with E-state index in [0.717, 1.165) is 34.4 Å². The van der Waals surface area contributed by atoms with Gasteiger partial charge >= 0.3 is 0 Å². The quantitative estimate of drug-likeness (QED) is 0.729. The van der Waals surface area contributed by atoms with Gasteiger partial charge in [0.25, 0.3) is 5.91 Å². The van der Waals surface area contributed by atoms with Crippen LogP contribution in [0, 0.1) is 0 Å². The lowest BCUT2D eigenvalue weighted by molar-refractivity contribution is 0.0479. The molecular formula is C21H22N2O3S. The number of fused-ring (bicyclic) bond motifs is 1. The topological polar surface area (TPSA) is 60.5 Å². The molecule has 0 radical (unpaired) electrons. The standard InChI is InChI=1S/C21H22N2O3S/c1-25-17-8-4-2-6-15(17)21(10-12-26-13-11-21)14-22-19(24)20-23-16-7-3-5-9-18(16)27-20/h2-9H,10-14H2,1H3,(H,22,24). The number of methoxy groups -OCH3 is 1. The molecule has 4 rings (SSSR count). The zero-order valence-corrected chi connectivity index (χ0v) is 16.1. The maximum absolute atomic E-state index is 12.8. The van der Waals surface area contributed by atoms with Crippen molar-refractivity contribution in [3.8, 4) is 5.75 Å². The lowest BCUT2D eigenvalue weighted by atomic mass is 9.73. The number of ether oxygens (including phenoxy) is 2. The van der Waals surface area contributed by atoms with Gasteiger partial charge in [-0.05, 0) is 31.0 Å². The summed E-state index contributed by atoms with van der Waals surface area (Å²) in [5.74, 6) is 0.727. The third-order valence-electron chi connectivity index (χ3n) is 5.20. The van der Waals surface area contributed by atoms with E-state index in [-0.39, 0.29) is 11.3 Å². The molecule has 1 aromatic heterocycles. The van der Waals surface area contributed by atoms with Gasteiger partial charge in [0, 0.05) is 30.7 Å². The van der Waals surface area contributed by atoms with Crippen molar-refractivity contribution in [3.05, 3.63) is 59.1 Å². The predicted molar refractivity (Wildman–Crippen MR) is 107 cm³/mol. The van der Waals surface area contributed by atoms with Crippen LogP contribution in [-0.4, -0.2) is 37.8 Å². The van der Waals surface area contributed by atoms with Crippen LogP contribution >= 0.6 is 11.3 Å². The van der Waals surface area contributed by atoms with Gasteiger partial charge in [0.1, 0.15) is 5.75 Å². The molecule has 27 heavy (non-hydrogen) atoms. The van der Waals surface area contributed by atoms with E-state index in [2.05, 4.69) is 16.4 Å². The van der Waals surface area contributed by atoms with Crippen molar-refractivity contribution >= 4 is 27.5 Å².